The number of ether oxygens (including phenoxy) is 1. The number of hydrogen-bond donors (Lipinski definition) is 1. The number of anilines is 1. The molecule has 0 aromatic heterocycles. The summed E-state index contributed by atoms with van der Waals surface area (Å²) in [6.07, 6.45) is -4.96. The Balaban J connectivity index is 2.28. The highest BCUT2D eigenvalue weighted by Crippen LogP contribution is 2.26. The van der Waals surface area contributed by atoms with Gasteiger partial charge in [0.15, 0.2) is 0 Å². The predicted octanol–water partition coefficient (Wildman–Crippen LogP) is 3.76. The van der Waals surface area contributed by atoms with Crippen LogP contribution in [0.3, 0.4) is 0 Å². The Morgan fingerprint density at radius 1 is 1.08 bits per heavy atom. The molecule has 0 aliphatic rings. The van der Waals surface area contributed by atoms with Gasteiger partial charge < -0.3 is 4.74 Å². The number of rotatable bonds is 5. The maximum Gasteiger partial charge on any atom is 0.573 e. The molecular weight excluding hydrogens is 323 g/mol. The van der Waals surface area contributed by atoms with Crippen molar-refractivity contribution in [2.45, 2.75) is 6.36 Å². The zero-order valence-corrected chi connectivity index (χ0v) is 12.0. The lowest BCUT2D eigenvalue weighted by Gasteiger charge is -2.11. The van der Waals surface area contributed by atoms with Gasteiger partial charge in [-0.05, 0) is 24.3 Å². The molecule has 122 valence electrons. The fourth-order valence-electron chi connectivity index (χ4n) is 1.76. The van der Waals surface area contributed by atoms with E-state index in [1.165, 1.54) is 12.1 Å². The SMILES string of the molecule is N#CC(=NNc1ccccc1)C(=O)c1ccccc1OC(F)(F)F. The molecule has 0 amide bonds. The number of halogens is 3. The summed E-state index contributed by atoms with van der Waals surface area (Å²) in [4.78, 5) is 12.3. The number of ketones is 1. The summed E-state index contributed by atoms with van der Waals surface area (Å²) in [6, 6.07) is 14.8. The number of alkyl halides is 3. The van der Waals surface area contributed by atoms with Crippen LogP contribution in [-0.4, -0.2) is 17.9 Å². The number of carbonyl (C=O) groups is 1. The normalized spacial score (nSPS) is 11.5. The van der Waals surface area contributed by atoms with Gasteiger partial charge in [0, 0.05) is 0 Å². The molecule has 0 spiro atoms. The van der Waals surface area contributed by atoms with E-state index in [1.54, 1.807) is 36.4 Å². The standard InChI is InChI=1S/C16H10F3N3O2/c17-16(18,19)24-14-9-5-4-8-12(14)15(23)13(10-20)22-21-11-6-2-1-3-7-11/h1-9,21H. The van der Waals surface area contributed by atoms with Gasteiger partial charge in [0.25, 0.3) is 0 Å². The molecule has 8 heteroatoms. The second kappa shape index (κ2) is 7.28. The third kappa shape index (κ3) is 4.58. The first-order valence-corrected chi connectivity index (χ1v) is 6.59. The van der Waals surface area contributed by atoms with Gasteiger partial charge >= 0.3 is 6.36 Å². The molecular formula is C16H10F3N3O2. The summed E-state index contributed by atoms with van der Waals surface area (Å²) < 4.78 is 41.0. The van der Waals surface area contributed by atoms with Gasteiger partial charge in [0.2, 0.25) is 11.5 Å². The van der Waals surface area contributed by atoms with Crippen LogP contribution in [0.25, 0.3) is 0 Å². The minimum absolute atomic E-state index is 0.412. The topological polar surface area (TPSA) is 74.5 Å². The Kier molecular flexibility index (Phi) is 5.16. The second-order valence-electron chi connectivity index (χ2n) is 4.42. The number of nitriles is 1. The lowest BCUT2D eigenvalue weighted by atomic mass is 10.1. The highest BCUT2D eigenvalue weighted by atomic mass is 19.4. The van der Waals surface area contributed by atoms with E-state index in [2.05, 4.69) is 15.3 Å². The molecule has 0 atom stereocenters. The van der Waals surface area contributed by atoms with Crippen LogP contribution < -0.4 is 10.2 Å². The fraction of sp³-hybridized carbons (Fsp3) is 0.0625. The molecule has 0 fully saturated rings. The molecule has 0 bridgehead atoms. The van der Waals surface area contributed by atoms with E-state index in [9.17, 15) is 18.0 Å². The number of hydrazone groups is 1. The maximum atomic E-state index is 12.4. The number of hydrogen-bond acceptors (Lipinski definition) is 5. The van der Waals surface area contributed by atoms with Crippen molar-refractivity contribution in [3.8, 4) is 11.8 Å². The zero-order valence-electron chi connectivity index (χ0n) is 12.0. The summed E-state index contributed by atoms with van der Waals surface area (Å²) >= 11 is 0. The number of Topliss-reactive ketones (excluding diaryl/α,β-unsaturated/α-hetero) is 1. The molecule has 1 N–H and O–H groups in total. The lowest BCUT2D eigenvalue weighted by molar-refractivity contribution is -0.274. The van der Waals surface area contributed by atoms with E-state index >= 15 is 0 Å². The van der Waals surface area contributed by atoms with Gasteiger partial charge in [-0.2, -0.15) is 10.4 Å². The summed E-state index contributed by atoms with van der Waals surface area (Å²) in [6.45, 7) is 0. The van der Waals surface area contributed by atoms with E-state index in [1.807, 2.05) is 0 Å². The number of nitrogens with zero attached hydrogens (tertiary/aromatic N) is 2. The van der Waals surface area contributed by atoms with Crippen LogP contribution in [0.2, 0.25) is 0 Å². The predicted molar refractivity (Wildman–Crippen MR) is 80.6 cm³/mol. The van der Waals surface area contributed by atoms with E-state index in [0.29, 0.717) is 5.69 Å². The van der Waals surface area contributed by atoms with Crippen molar-refractivity contribution in [3.05, 3.63) is 60.2 Å². The van der Waals surface area contributed by atoms with Gasteiger partial charge in [0.05, 0.1) is 11.3 Å². The van der Waals surface area contributed by atoms with Crippen LogP contribution in [-0.2, 0) is 0 Å². The Morgan fingerprint density at radius 2 is 1.71 bits per heavy atom. The van der Waals surface area contributed by atoms with Crippen molar-refractivity contribution in [2.24, 2.45) is 5.10 Å². The Labute approximate surface area is 135 Å². The molecule has 0 radical (unpaired) electrons. The first-order valence-electron chi connectivity index (χ1n) is 6.59. The molecule has 0 unspecified atom stereocenters. The molecule has 0 saturated carbocycles. The first kappa shape index (κ1) is 17.0. The molecule has 2 aromatic carbocycles. The number of nitrogens with one attached hydrogen (secondary N) is 1. The molecule has 0 heterocycles. The molecule has 0 aliphatic carbocycles. The maximum absolute atomic E-state index is 12.4. The van der Waals surface area contributed by atoms with Crippen molar-refractivity contribution in [1.29, 1.82) is 5.26 Å². The highest BCUT2D eigenvalue weighted by Gasteiger charge is 2.33. The van der Waals surface area contributed by atoms with Crippen LogP contribution in [0.5, 0.6) is 5.75 Å². The van der Waals surface area contributed by atoms with Crippen LogP contribution in [0.4, 0.5) is 18.9 Å². The zero-order chi connectivity index (χ0) is 17.6. The van der Waals surface area contributed by atoms with E-state index < -0.39 is 29.2 Å². The molecule has 24 heavy (non-hydrogen) atoms. The van der Waals surface area contributed by atoms with Crippen molar-refractivity contribution >= 4 is 17.2 Å². The number of carbonyl (C=O) groups excluding carboxylic acids is 1. The quantitative estimate of drug-likeness (QED) is 0.514. The van der Waals surface area contributed by atoms with Gasteiger partial charge in [-0.3, -0.25) is 10.2 Å². The third-order valence-electron chi connectivity index (χ3n) is 2.75. The van der Waals surface area contributed by atoms with Gasteiger partial charge in [-0.1, -0.05) is 30.3 Å². The summed E-state index contributed by atoms with van der Waals surface area (Å²) in [5, 5.41) is 12.7. The van der Waals surface area contributed by atoms with Gasteiger partial charge in [-0.15, -0.1) is 13.2 Å². The second-order valence-corrected chi connectivity index (χ2v) is 4.42. The molecule has 5 nitrogen and oxygen atoms in total. The fourth-order valence-corrected chi connectivity index (χ4v) is 1.76. The molecule has 2 aromatic rings. The Bertz CT molecular complexity index is 796. The third-order valence-corrected chi connectivity index (χ3v) is 2.75. The van der Waals surface area contributed by atoms with Crippen molar-refractivity contribution in [1.82, 2.24) is 0 Å². The number of benzene rings is 2. The summed E-state index contributed by atoms with van der Waals surface area (Å²) in [5.41, 5.74) is 2.00. The highest BCUT2D eigenvalue weighted by molar-refractivity contribution is 6.51. The monoisotopic (exact) mass is 333 g/mol. The largest absolute Gasteiger partial charge is 0.573 e. The van der Waals surface area contributed by atoms with Crippen molar-refractivity contribution in [3.63, 3.8) is 0 Å². The summed E-state index contributed by atoms with van der Waals surface area (Å²) in [7, 11) is 0. The lowest BCUT2D eigenvalue weighted by Crippen LogP contribution is -2.21. The Hall–Kier alpha value is -3.34. The van der Waals surface area contributed by atoms with Crippen LogP contribution in [0.15, 0.2) is 59.7 Å². The van der Waals surface area contributed by atoms with E-state index in [-0.39, 0.29) is 0 Å². The minimum Gasteiger partial charge on any atom is -0.405 e. The molecule has 0 aliphatic heterocycles. The number of para-hydroxylation sites is 2. The van der Waals surface area contributed by atoms with Crippen molar-refractivity contribution < 1.29 is 22.7 Å². The molecule has 2 rings (SSSR count). The van der Waals surface area contributed by atoms with Crippen molar-refractivity contribution in [2.75, 3.05) is 5.43 Å². The Morgan fingerprint density at radius 3 is 2.33 bits per heavy atom. The van der Waals surface area contributed by atoms with E-state index in [0.717, 1.165) is 12.1 Å². The van der Waals surface area contributed by atoms with Gasteiger partial charge in [-0.25, -0.2) is 0 Å². The minimum atomic E-state index is -4.96. The van der Waals surface area contributed by atoms with Crippen LogP contribution in [0.1, 0.15) is 10.4 Å². The smallest absolute Gasteiger partial charge is 0.405 e. The van der Waals surface area contributed by atoms with E-state index in [4.69, 9.17) is 5.26 Å². The van der Waals surface area contributed by atoms with Crippen LogP contribution >= 0.6 is 0 Å². The molecule has 0 saturated heterocycles. The summed E-state index contributed by atoms with van der Waals surface area (Å²) in [5.74, 6) is -1.68. The van der Waals surface area contributed by atoms with Crippen LogP contribution in [0, 0.1) is 11.3 Å². The average molecular weight is 333 g/mol. The average Bonchev–Trinajstić information content (AvgIpc) is 2.55. The van der Waals surface area contributed by atoms with Gasteiger partial charge in [0.1, 0.15) is 11.8 Å². The first-order chi connectivity index (χ1) is 11.4.